The zero-order valence-electron chi connectivity index (χ0n) is 8.35. The summed E-state index contributed by atoms with van der Waals surface area (Å²) in [7, 11) is 0. The number of halogens is 1. The Morgan fingerprint density at radius 1 is 1.29 bits per heavy atom. The summed E-state index contributed by atoms with van der Waals surface area (Å²) in [5.74, 6) is 0. The number of hydrogen-bond acceptors (Lipinski definition) is 4. The summed E-state index contributed by atoms with van der Waals surface area (Å²) < 4.78 is 0.927. The highest BCUT2D eigenvalue weighted by molar-refractivity contribution is 6.30. The van der Waals surface area contributed by atoms with Gasteiger partial charge in [-0.2, -0.15) is 9.94 Å². The van der Waals surface area contributed by atoms with Crippen LogP contribution >= 0.6 is 11.6 Å². The number of aromatic amines is 1. The van der Waals surface area contributed by atoms with Crippen molar-refractivity contribution in [3.63, 3.8) is 0 Å². The van der Waals surface area contributed by atoms with Crippen LogP contribution in [0.4, 0.5) is 0 Å². The van der Waals surface area contributed by atoms with Crippen LogP contribution in [0, 0.1) is 11.3 Å². The molecule has 1 heterocycles. The highest BCUT2D eigenvalue weighted by Crippen LogP contribution is 2.10. The fourth-order valence-corrected chi connectivity index (χ4v) is 1.36. The Labute approximate surface area is 99.7 Å². The second kappa shape index (κ2) is 4.23. The molecule has 0 amide bonds. The van der Waals surface area contributed by atoms with E-state index in [4.69, 9.17) is 16.9 Å². The van der Waals surface area contributed by atoms with Gasteiger partial charge in [0.1, 0.15) is 6.07 Å². The van der Waals surface area contributed by atoms with Crippen molar-refractivity contribution in [1.82, 2.24) is 14.8 Å². The van der Waals surface area contributed by atoms with Crippen LogP contribution in [-0.2, 0) is 0 Å². The molecular weight excluding hydrogens is 244 g/mol. The van der Waals surface area contributed by atoms with Crippen molar-refractivity contribution in [1.29, 1.82) is 5.26 Å². The lowest BCUT2D eigenvalue weighted by Gasteiger charge is -2.03. The molecule has 1 N–H and O–H groups in total. The van der Waals surface area contributed by atoms with Crippen molar-refractivity contribution in [2.24, 2.45) is 0 Å². The summed E-state index contributed by atoms with van der Waals surface area (Å²) in [4.78, 5) is 24.6. The van der Waals surface area contributed by atoms with Gasteiger partial charge >= 0.3 is 5.69 Å². The SMILES string of the molecule is N#Cc1nn(-c2ccc(Cl)cc2)c(=O)[nH]c1=O. The van der Waals surface area contributed by atoms with E-state index in [1.165, 1.54) is 0 Å². The molecule has 0 spiro atoms. The molecule has 2 aromatic rings. The lowest BCUT2D eigenvalue weighted by molar-refractivity contribution is 0.740. The predicted molar refractivity (Wildman–Crippen MR) is 60.2 cm³/mol. The number of benzene rings is 1. The highest BCUT2D eigenvalue weighted by Gasteiger charge is 2.07. The van der Waals surface area contributed by atoms with Gasteiger partial charge in [-0.05, 0) is 24.3 Å². The van der Waals surface area contributed by atoms with Gasteiger partial charge in [0, 0.05) is 5.02 Å². The van der Waals surface area contributed by atoms with E-state index in [1.807, 2.05) is 4.98 Å². The van der Waals surface area contributed by atoms with Gasteiger partial charge in [0.15, 0.2) is 0 Å². The molecule has 6 nitrogen and oxygen atoms in total. The van der Waals surface area contributed by atoms with Crippen molar-refractivity contribution >= 4 is 11.6 Å². The second-order valence-corrected chi connectivity index (χ2v) is 3.54. The average Bonchev–Trinajstić information content (AvgIpc) is 2.31. The van der Waals surface area contributed by atoms with Crippen LogP contribution < -0.4 is 11.2 Å². The van der Waals surface area contributed by atoms with Gasteiger partial charge < -0.3 is 0 Å². The number of nitrogens with zero attached hydrogens (tertiary/aromatic N) is 3. The standard InChI is InChI=1S/C10H5ClN4O2/c11-6-1-3-7(4-2-6)15-10(17)13-9(16)8(5-12)14-15/h1-4H,(H,13,16,17). The molecule has 0 radical (unpaired) electrons. The molecule has 2 rings (SSSR count). The van der Waals surface area contributed by atoms with Crippen molar-refractivity contribution in [3.05, 3.63) is 55.8 Å². The number of nitrogens with one attached hydrogen (secondary N) is 1. The Balaban J connectivity index is 2.68. The molecular formula is C10H5ClN4O2. The van der Waals surface area contributed by atoms with Crippen molar-refractivity contribution in [3.8, 4) is 11.8 Å². The van der Waals surface area contributed by atoms with Gasteiger partial charge in [0.2, 0.25) is 5.69 Å². The molecule has 0 saturated heterocycles. The number of H-pyrrole nitrogens is 1. The number of aromatic nitrogens is 3. The first-order valence-corrected chi connectivity index (χ1v) is 4.89. The Bertz CT molecular complexity index is 709. The van der Waals surface area contributed by atoms with E-state index in [1.54, 1.807) is 30.3 Å². The van der Waals surface area contributed by atoms with Crippen molar-refractivity contribution < 1.29 is 0 Å². The van der Waals surface area contributed by atoms with Crippen LogP contribution in [-0.4, -0.2) is 14.8 Å². The van der Waals surface area contributed by atoms with Crippen LogP contribution in [0.1, 0.15) is 5.69 Å². The molecule has 17 heavy (non-hydrogen) atoms. The third kappa shape index (κ3) is 2.09. The summed E-state index contributed by atoms with van der Waals surface area (Å²) in [6.07, 6.45) is 0. The van der Waals surface area contributed by atoms with Gasteiger partial charge in [-0.1, -0.05) is 11.6 Å². The zero-order valence-corrected chi connectivity index (χ0v) is 9.10. The first kappa shape index (κ1) is 11.1. The van der Waals surface area contributed by atoms with Crippen LogP contribution in [0.25, 0.3) is 5.69 Å². The normalized spacial score (nSPS) is 9.88. The smallest absolute Gasteiger partial charge is 0.270 e. The quantitative estimate of drug-likeness (QED) is 0.793. The first-order chi connectivity index (χ1) is 8.11. The third-order valence-electron chi connectivity index (χ3n) is 2.01. The summed E-state index contributed by atoms with van der Waals surface area (Å²) in [6, 6.07) is 7.85. The fraction of sp³-hybridized carbons (Fsp3) is 0. The Morgan fingerprint density at radius 3 is 2.53 bits per heavy atom. The van der Waals surface area contributed by atoms with Gasteiger partial charge in [-0.3, -0.25) is 9.78 Å². The van der Waals surface area contributed by atoms with E-state index < -0.39 is 11.2 Å². The summed E-state index contributed by atoms with van der Waals surface area (Å²) in [5, 5.41) is 12.8. The largest absolute Gasteiger partial charge is 0.349 e. The predicted octanol–water partition coefficient (Wildman–Crippen LogP) is 0.446. The Hall–Kier alpha value is -2.39. The van der Waals surface area contributed by atoms with Crippen molar-refractivity contribution in [2.75, 3.05) is 0 Å². The molecule has 84 valence electrons. The van der Waals surface area contributed by atoms with Gasteiger partial charge in [0.25, 0.3) is 5.56 Å². The molecule has 1 aromatic carbocycles. The molecule has 0 aliphatic heterocycles. The molecule has 0 atom stereocenters. The number of rotatable bonds is 1. The maximum atomic E-state index is 11.5. The third-order valence-corrected chi connectivity index (χ3v) is 2.26. The van der Waals surface area contributed by atoms with E-state index in [0.29, 0.717) is 10.7 Å². The van der Waals surface area contributed by atoms with Crippen molar-refractivity contribution in [2.45, 2.75) is 0 Å². The minimum Gasteiger partial charge on any atom is -0.270 e. The van der Waals surface area contributed by atoms with E-state index in [-0.39, 0.29) is 5.69 Å². The average molecular weight is 249 g/mol. The molecule has 0 unspecified atom stereocenters. The number of nitriles is 1. The molecule has 1 aromatic heterocycles. The summed E-state index contributed by atoms with van der Waals surface area (Å²) in [5.41, 5.74) is -1.48. The Kier molecular flexibility index (Phi) is 2.77. The summed E-state index contributed by atoms with van der Waals surface area (Å²) >= 11 is 5.70. The Morgan fingerprint density at radius 2 is 1.94 bits per heavy atom. The minimum absolute atomic E-state index is 0.375. The lowest BCUT2D eigenvalue weighted by atomic mass is 10.3. The molecule has 0 bridgehead atoms. The van der Waals surface area contributed by atoms with Gasteiger partial charge in [-0.25, -0.2) is 4.79 Å². The van der Waals surface area contributed by atoms with Gasteiger partial charge in [-0.15, -0.1) is 5.10 Å². The first-order valence-electron chi connectivity index (χ1n) is 4.51. The maximum absolute atomic E-state index is 11.5. The highest BCUT2D eigenvalue weighted by atomic mass is 35.5. The zero-order chi connectivity index (χ0) is 12.4. The van der Waals surface area contributed by atoms with E-state index >= 15 is 0 Å². The van der Waals surface area contributed by atoms with Crippen LogP contribution in [0.5, 0.6) is 0 Å². The fourth-order valence-electron chi connectivity index (χ4n) is 1.23. The lowest BCUT2D eigenvalue weighted by Crippen LogP contribution is -2.33. The van der Waals surface area contributed by atoms with E-state index in [0.717, 1.165) is 4.68 Å². The minimum atomic E-state index is -0.803. The molecule has 7 heteroatoms. The molecule has 0 aliphatic carbocycles. The van der Waals surface area contributed by atoms with Gasteiger partial charge in [0.05, 0.1) is 5.69 Å². The maximum Gasteiger partial charge on any atom is 0.349 e. The van der Waals surface area contributed by atoms with E-state index in [2.05, 4.69) is 5.10 Å². The van der Waals surface area contributed by atoms with Crippen LogP contribution in [0.2, 0.25) is 5.02 Å². The monoisotopic (exact) mass is 248 g/mol. The molecule has 0 saturated carbocycles. The molecule has 0 aliphatic rings. The topological polar surface area (TPSA) is 91.5 Å². The van der Waals surface area contributed by atoms with Crippen LogP contribution in [0.15, 0.2) is 33.9 Å². The van der Waals surface area contributed by atoms with E-state index in [9.17, 15) is 9.59 Å². The van der Waals surface area contributed by atoms with Crippen LogP contribution in [0.3, 0.4) is 0 Å². The number of hydrogen-bond donors (Lipinski definition) is 1. The summed E-state index contributed by atoms with van der Waals surface area (Å²) in [6.45, 7) is 0. The second-order valence-electron chi connectivity index (χ2n) is 3.11. The molecule has 0 fully saturated rings.